The highest BCUT2D eigenvalue weighted by Crippen LogP contribution is 2.31. The van der Waals surface area contributed by atoms with Gasteiger partial charge in [-0.05, 0) is 40.2 Å². The van der Waals surface area contributed by atoms with Crippen molar-refractivity contribution < 1.29 is 18.4 Å². The average Bonchev–Trinajstić information content (AvgIpc) is 2.50. The molecule has 0 aromatic heterocycles. The highest BCUT2D eigenvalue weighted by atomic mass is 79.9. The van der Waals surface area contributed by atoms with Crippen molar-refractivity contribution in [1.29, 1.82) is 0 Å². The number of phenolic OH excluding ortho intramolecular Hbond substituents is 1. The number of hydrogen-bond acceptors (Lipinski definition) is 7. The zero-order chi connectivity index (χ0) is 18.8. The number of hydrazone groups is 1. The summed E-state index contributed by atoms with van der Waals surface area (Å²) in [4.78, 5) is 9.95. The van der Waals surface area contributed by atoms with Gasteiger partial charge in [-0.15, -0.1) is 0 Å². The van der Waals surface area contributed by atoms with E-state index in [2.05, 4.69) is 42.4 Å². The maximum Gasteiger partial charge on any atom is 0.295 e. The number of halogens is 2. The molecule has 0 heterocycles. The fourth-order valence-corrected chi connectivity index (χ4v) is 3.58. The summed E-state index contributed by atoms with van der Waals surface area (Å²) in [5.41, 5.74) is 2.23. The van der Waals surface area contributed by atoms with E-state index in [9.17, 15) is 23.6 Å². The predicted molar refractivity (Wildman–Crippen MR) is 99.2 cm³/mol. The van der Waals surface area contributed by atoms with E-state index in [0.717, 1.165) is 12.1 Å². The van der Waals surface area contributed by atoms with Crippen LogP contribution in [0, 0.1) is 10.1 Å². The van der Waals surface area contributed by atoms with Gasteiger partial charge in [0.2, 0.25) is 10.0 Å². The molecule has 132 valence electrons. The Labute approximate surface area is 159 Å². The molecule has 2 rings (SSSR count). The highest BCUT2D eigenvalue weighted by molar-refractivity contribution is 9.11. The topological polar surface area (TPSA) is 148 Å². The minimum absolute atomic E-state index is 0.0396. The molecule has 0 aliphatic heterocycles. The van der Waals surface area contributed by atoms with Crippen LogP contribution in [0.15, 0.2) is 49.3 Å². The van der Waals surface area contributed by atoms with Gasteiger partial charge < -0.3 is 5.11 Å². The summed E-state index contributed by atoms with van der Waals surface area (Å²) < 4.78 is 23.7. The van der Waals surface area contributed by atoms with Crippen LogP contribution >= 0.6 is 31.9 Å². The van der Waals surface area contributed by atoms with E-state index in [-0.39, 0.29) is 16.3 Å². The number of nitro benzene ring substituents is 1. The standard InChI is InChI=1S/C13H10Br2N4O5S/c14-8-3-7(13(20)10(15)4-8)6-17-18-11-2-1-9(25(16,23)24)5-12(11)19(21)22/h1-6,18,20H,(H2,16,23,24). The zero-order valence-corrected chi connectivity index (χ0v) is 16.2. The number of sulfonamides is 1. The molecule has 0 amide bonds. The number of nitro groups is 1. The quantitative estimate of drug-likeness (QED) is 0.331. The Hall–Kier alpha value is -2.02. The zero-order valence-electron chi connectivity index (χ0n) is 12.2. The maximum atomic E-state index is 11.3. The van der Waals surface area contributed by atoms with Crippen LogP contribution in [0.3, 0.4) is 0 Å². The lowest BCUT2D eigenvalue weighted by molar-refractivity contribution is -0.384. The van der Waals surface area contributed by atoms with E-state index in [1.807, 2.05) is 0 Å². The minimum atomic E-state index is -4.07. The third-order valence-corrected chi connectivity index (χ3v) is 4.91. The molecule has 0 fully saturated rings. The van der Waals surface area contributed by atoms with Crippen molar-refractivity contribution in [2.24, 2.45) is 10.2 Å². The van der Waals surface area contributed by atoms with Gasteiger partial charge in [0.1, 0.15) is 11.4 Å². The molecule has 0 saturated heterocycles. The predicted octanol–water partition coefficient (Wildman–Crippen LogP) is 2.92. The van der Waals surface area contributed by atoms with Crippen LogP contribution in [0.25, 0.3) is 0 Å². The van der Waals surface area contributed by atoms with Gasteiger partial charge in [-0.1, -0.05) is 15.9 Å². The summed E-state index contributed by atoms with van der Waals surface area (Å²) in [5.74, 6) is -0.0622. The SMILES string of the molecule is NS(=O)(=O)c1ccc(NN=Cc2cc(Br)cc(Br)c2O)c([N+](=O)[O-])c1. The van der Waals surface area contributed by atoms with Crippen LogP contribution in [-0.2, 0) is 10.0 Å². The number of aromatic hydroxyl groups is 1. The fraction of sp³-hybridized carbons (Fsp3) is 0. The van der Waals surface area contributed by atoms with E-state index in [1.54, 1.807) is 12.1 Å². The number of nitrogens with zero attached hydrogens (tertiary/aromatic N) is 2. The smallest absolute Gasteiger partial charge is 0.295 e. The monoisotopic (exact) mass is 492 g/mol. The van der Waals surface area contributed by atoms with Crippen molar-refractivity contribution in [3.05, 3.63) is 55.0 Å². The molecule has 0 radical (unpaired) electrons. The molecule has 12 heteroatoms. The maximum absolute atomic E-state index is 11.3. The average molecular weight is 494 g/mol. The number of rotatable bonds is 5. The van der Waals surface area contributed by atoms with Crippen LogP contribution in [-0.4, -0.2) is 24.7 Å². The normalized spacial score (nSPS) is 11.6. The van der Waals surface area contributed by atoms with Crippen molar-refractivity contribution in [3.8, 4) is 5.75 Å². The first-order valence-corrected chi connectivity index (χ1v) is 9.51. The van der Waals surface area contributed by atoms with Gasteiger partial charge in [0, 0.05) is 16.1 Å². The Kier molecular flexibility index (Phi) is 5.77. The summed E-state index contributed by atoms with van der Waals surface area (Å²) in [5, 5.41) is 29.8. The Morgan fingerprint density at radius 1 is 1.28 bits per heavy atom. The number of hydrogen-bond donors (Lipinski definition) is 3. The summed E-state index contributed by atoms with van der Waals surface area (Å²) in [6.07, 6.45) is 1.25. The molecular weight excluding hydrogens is 484 g/mol. The van der Waals surface area contributed by atoms with Gasteiger partial charge >= 0.3 is 0 Å². The van der Waals surface area contributed by atoms with Crippen molar-refractivity contribution in [3.63, 3.8) is 0 Å². The summed E-state index contributed by atoms with van der Waals surface area (Å²) in [6, 6.07) is 6.35. The summed E-state index contributed by atoms with van der Waals surface area (Å²) in [7, 11) is -4.07. The molecule has 0 spiro atoms. The van der Waals surface area contributed by atoms with Gasteiger partial charge in [-0.25, -0.2) is 13.6 Å². The number of primary sulfonamides is 1. The summed E-state index contributed by atoms with van der Waals surface area (Å²) >= 11 is 6.43. The van der Waals surface area contributed by atoms with E-state index in [0.29, 0.717) is 14.5 Å². The second kappa shape index (κ2) is 7.47. The molecule has 0 aliphatic carbocycles. The molecular formula is C13H10Br2N4O5S. The van der Waals surface area contributed by atoms with Gasteiger partial charge in [-0.2, -0.15) is 5.10 Å². The van der Waals surface area contributed by atoms with Gasteiger partial charge in [0.15, 0.2) is 0 Å². The summed E-state index contributed by atoms with van der Waals surface area (Å²) in [6.45, 7) is 0. The molecule has 0 saturated carbocycles. The number of phenols is 1. The van der Waals surface area contributed by atoms with E-state index in [4.69, 9.17) is 5.14 Å². The number of benzene rings is 2. The molecule has 0 atom stereocenters. The van der Waals surface area contributed by atoms with E-state index >= 15 is 0 Å². The molecule has 2 aromatic rings. The van der Waals surface area contributed by atoms with Gasteiger partial charge in [0.05, 0.1) is 20.5 Å². The lowest BCUT2D eigenvalue weighted by Gasteiger charge is -2.05. The first kappa shape index (κ1) is 19.3. The second-order valence-corrected chi connectivity index (χ2v) is 8.01. The van der Waals surface area contributed by atoms with Crippen molar-refractivity contribution in [2.45, 2.75) is 4.90 Å². The van der Waals surface area contributed by atoms with Gasteiger partial charge in [-0.3, -0.25) is 15.5 Å². The molecule has 25 heavy (non-hydrogen) atoms. The van der Waals surface area contributed by atoms with E-state index in [1.165, 1.54) is 12.3 Å². The van der Waals surface area contributed by atoms with Crippen molar-refractivity contribution >= 4 is 59.5 Å². The molecule has 9 nitrogen and oxygen atoms in total. The van der Waals surface area contributed by atoms with Crippen LogP contribution in [0.5, 0.6) is 5.75 Å². The minimum Gasteiger partial charge on any atom is -0.506 e. The van der Waals surface area contributed by atoms with Crippen molar-refractivity contribution in [1.82, 2.24) is 0 Å². The molecule has 0 unspecified atom stereocenters. The first-order chi connectivity index (χ1) is 11.6. The van der Waals surface area contributed by atoms with Crippen LogP contribution in [0.1, 0.15) is 5.56 Å². The fourth-order valence-electron chi connectivity index (χ4n) is 1.79. The Bertz CT molecular complexity index is 979. The Morgan fingerprint density at radius 2 is 1.96 bits per heavy atom. The third-order valence-electron chi connectivity index (χ3n) is 2.94. The van der Waals surface area contributed by atoms with Crippen molar-refractivity contribution in [2.75, 3.05) is 5.43 Å². The lowest BCUT2D eigenvalue weighted by atomic mass is 10.2. The highest BCUT2D eigenvalue weighted by Gasteiger charge is 2.18. The van der Waals surface area contributed by atoms with E-state index < -0.39 is 20.6 Å². The van der Waals surface area contributed by atoms with Crippen LogP contribution < -0.4 is 10.6 Å². The molecule has 0 aliphatic rings. The second-order valence-electron chi connectivity index (χ2n) is 4.68. The number of anilines is 1. The molecule has 4 N–H and O–H groups in total. The molecule has 2 aromatic carbocycles. The largest absolute Gasteiger partial charge is 0.506 e. The van der Waals surface area contributed by atoms with Crippen LogP contribution in [0.2, 0.25) is 0 Å². The molecule has 0 bridgehead atoms. The third kappa shape index (κ3) is 4.75. The van der Waals surface area contributed by atoms with Gasteiger partial charge in [0.25, 0.3) is 5.69 Å². The Balaban J connectivity index is 2.34. The lowest BCUT2D eigenvalue weighted by Crippen LogP contribution is -2.12. The number of nitrogens with one attached hydrogen (secondary N) is 1. The first-order valence-electron chi connectivity index (χ1n) is 6.38. The van der Waals surface area contributed by atoms with Crippen LogP contribution in [0.4, 0.5) is 11.4 Å². The Morgan fingerprint density at radius 3 is 2.56 bits per heavy atom. The number of nitrogens with two attached hydrogens (primary N) is 1.